The van der Waals surface area contributed by atoms with Gasteiger partial charge in [0, 0.05) is 17.8 Å². The molecule has 2 N–H and O–H groups in total. The maximum absolute atomic E-state index is 14.2. The third-order valence-electron chi connectivity index (χ3n) is 12.7. The van der Waals surface area contributed by atoms with Crippen LogP contribution < -0.4 is 0 Å². The van der Waals surface area contributed by atoms with Crippen molar-refractivity contribution in [2.45, 2.75) is 125 Å². The molecule has 4 saturated carbocycles. The van der Waals surface area contributed by atoms with E-state index in [1.807, 2.05) is 0 Å². The molecule has 3 heteroatoms. The molecular formula is C30H48O3. The zero-order valence-electron chi connectivity index (χ0n) is 22.5. The van der Waals surface area contributed by atoms with Gasteiger partial charge in [0.05, 0.1) is 12.2 Å². The Balaban J connectivity index is 1.65. The number of fused-ring (bicyclic) bond motifs is 6. The summed E-state index contributed by atoms with van der Waals surface area (Å²) in [5.74, 6) is 0.896. The van der Waals surface area contributed by atoms with Crippen molar-refractivity contribution in [2.75, 3.05) is 0 Å². The number of carbonyl (C=O) groups is 1. The molecular weight excluding hydrogens is 408 g/mol. The Labute approximate surface area is 201 Å². The molecule has 8 atom stereocenters. The molecule has 186 valence electrons. The highest BCUT2D eigenvalue weighted by Crippen LogP contribution is 2.74. The van der Waals surface area contributed by atoms with E-state index in [1.54, 1.807) is 0 Å². The summed E-state index contributed by atoms with van der Waals surface area (Å²) in [6.07, 6.45) is 7.89. The van der Waals surface area contributed by atoms with Crippen LogP contribution in [0, 0.1) is 44.3 Å². The first-order valence-corrected chi connectivity index (χ1v) is 13.6. The number of Topliss-reactive ketones (excluding diaryl/α,β-unsaturated/α-hetero) is 1. The highest BCUT2D eigenvalue weighted by Gasteiger charge is 2.70. The highest BCUT2D eigenvalue weighted by molar-refractivity contribution is 5.87. The molecule has 0 aromatic heterocycles. The Morgan fingerprint density at radius 3 is 2.12 bits per heavy atom. The average Bonchev–Trinajstić information content (AvgIpc) is 2.68. The first kappa shape index (κ1) is 24.0. The Kier molecular flexibility index (Phi) is 4.92. The molecule has 5 aliphatic carbocycles. The quantitative estimate of drug-likeness (QED) is 0.411. The lowest BCUT2D eigenvalue weighted by atomic mass is 9.33. The molecule has 3 nitrogen and oxygen atoms in total. The van der Waals surface area contributed by atoms with Gasteiger partial charge in [-0.15, -0.1) is 0 Å². The number of carbonyl (C=O) groups excluding carboxylic acids is 1. The SMILES string of the molecule is CC1(C)CC2=C3CC(=O)[C@H]4[C@@]5(C)CC[C@H](O)C(C)(C)[C@@H]5CC[C@@]4(C)[C@]3(C)CC[C@@]2(C)[C@H](O)C1. The topological polar surface area (TPSA) is 57.5 Å². The van der Waals surface area contributed by atoms with E-state index in [-0.39, 0.29) is 50.6 Å². The Hall–Kier alpha value is -0.670. The summed E-state index contributed by atoms with van der Waals surface area (Å²) >= 11 is 0. The van der Waals surface area contributed by atoms with Crippen LogP contribution in [-0.2, 0) is 4.79 Å². The normalized spacial score (nSPS) is 53.0. The van der Waals surface area contributed by atoms with Crippen LogP contribution in [0.15, 0.2) is 11.1 Å². The maximum atomic E-state index is 14.2. The molecule has 4 fully saturated rings. The number of aliphatic hydroxyl groups excluding tert-OH is 2. The molecule has 0 amide bonds. The van der Waals surface area contributed by atoms with Crippen molar-refractivity contribution in [3.63, 3.8) is 0 Å². The predicted molar refractivity (Wildman–Crippen MR) is 133 cm³/mol. The van der Waals surface area contributed by atoms with Gasteiger partial charge in [0.2, 0.25) is 0 Å². The number of hydrogen-bond acceptors (Lipinski definition) is 3. The molecule has 33 heavy (non-hydrogen) atoms. The van der Waals surface area contributed by atoms with Crippen molar-refractivity contribution in [1.82, 2.24) is 0 Å². The number of aliphatic hydroxyl groups is 2. The fourth-order valence-corrected chi connectivity index (χ4v) is 10.4. The summed E-state index contributed by atoms with van der Waals surface area (Å²) in [6.45, 7) is 18.6. The van der Waals surface area contributed by atoms with Gasteiger partial charge in [0.15, 0.2) is 0 Å². The second kappa shape index (κ2) is 6.75. The molecule has 0 aliphatic heterocycles. The zero-order chi connectivity index (χ0) is 24.4. The van der Waals surface area contributed by atoms with E-state index in [4.69, 9.17) is 0 Å². The van der Waals surface area contributed by atoms with E-state index in [2.05, 4.69) is 55.4 Å². The second-order valence-electron chi connectivity index (χ2n) is 15.2. The van der Waals surface area contributed by atoms with Crippen LogP contribution in [0.1, 0.15) is 113 Å². The summed E-state index contributed by atoms with van der Waals surface area (Å²) in [5.41, 5.74) is 2.52. The molecule has 0 radical (unpaired) electrons. The summed E-state index contributed by atoms with van der Waals surface area (Å²) in [6, 6.07) is 0. The predicted octanol–water partition coefficient (Wildman–Crippen LogP) is 6.46. The Bertz CT molecular complexity index is 914. The van der Waals surface area contributed by atoms with Crippen molar-refractivity contribution >= 4 is 5.78 Å². The summed E-state index contributed by atoms with van der Waals surface area (Å²) < 4.78 is 0. The van der Waals surface area contributed by atoms with Gasteiger partial charge in [-0.25, -0.2) is 0 Å². The van der Waals surface area contributed by atoms with Crippen molar-refractivity contribution in [1.29, 1.82) is 0 Å². The number of allylic oxidation sites excluding steroid dienone is 1. The van der Waals surface area contributed by atoms with Crippen molar-refractivity contribution in [3.05, 3.63) is 11.1 Å². The number of ketones is 1. The van der Waals surface area contributed by atoms with E-state index in [1.165, 1.54) is 11.1 Å². The fraction of sp³-hybridized carbons (Fsp3) is 0.900. The van der Waals surface area contributed by atoms with Crippen LogP contribution >= 0.6 is 0 Å². The lowest BCUT2D eigenvalue weighted by Crippen LogP contribution is -2.66. The van der Waals surface area contributed by atoms with Gasteiger partial charge in [-0.3, -0.25) is 4.79 Å². The number of rotatable bonds is 0. The first-order chi connectivity index (χ1) is 15.0. The monoisotopic (exact) mass is 456 g/mol. The van der Waals surface area contributed by atoms with Gasteiger partial charge in [0.25, 0.3) is 0 Å². The highest BCUT2D eigenvalue weighted by atomic mass is 16.3. The van der Waals surface area contributed by atoms with Crippen LogP contribution in [0.4, 0.5) is 0 Å². The maximum Gasteiger partial charge on any atom is 0.141 e. The molecule has 0 unspecified atom stereocenters. The first-order valence-electron chi connectivity index (χ1n) is 13.6. The van der Waals surface area contributed by atoms with E-state index in [9.17, 15) is 15.0 Å². The third kappa shape index (κ3) is 2.85. The molecule has 0 bridgehead atoms. The second-order valence-corrected chi connectivity index (χ2v) is 15.2. The van der Waals surface area contributed by atoms with Crippen LogP contribution in [0.5, 0.6) is 0 Å². The average molecular weight is 457 g/mol. The van der Waals surface area contributed by atoms with E-state index in [0.29, 0.717) is 18.1 Å². The summed E-state index contributed by atoms with van der Waals surface area (Å²) in [4.78, 5) is 14.2. The molecule has 0 aromatic rings. The largest absolute Gasteiger partial charge is 0.393 e. The Morgan fingerprint density at radius 1 is 0.788 bits per heavy atom. The van der Waals surface area contributed by atoms with Gasteiger partial charge in [0.1, 0.15) is 5.78 Å². The smallest absolute Gasteiger partial charge is 0.141 e. The van der Waals surface area contributed by atoms with E-state index in [0.717, 1.165) is 51.4 Å². The molecule has 0 aromatic carbocycles. The molecule has 0 spiro atoms. The van der Waals surface area contributed by atoms with Crippen molar-refractivity contribution in [2.24, 2.45) is 44.3 Å². The standard InChI is InChI=1S/C30H48O3/c1-25(2)16-19-18-15-20(31)24-28(6)11-10-22(32)26(3,4)21(28)9-12-30(24,8)29(18,7)14-13-27(19,5)23(33)17-25/h21-24,32-33H,9-17H2,1-8H3/t21-,22-,23+,24-,27+,28-,29+,30+/m0/s1. The molecule has 0 heterocycles. The van der Waals surface area contributed by atoms with Crippen molar-refractivity contribution in [3.8, 4) is 0 Å². The van der Waals surface area contributed by atoms with Crippen LogP contribution in [-0.4, -0.2) is 28.2 Å². The van der Waals surface area contributed by atoms with Crippen LogP contribution in [0.2, 0.25) is 0 Å². The third-order valence-corrected chi connectivity index (χ3v) is 12.7. The van der Waals surface area contributed by atoms with Crippen molar-refractivity contribution < 1.29 is 15.0 Å². The lowest BCUT2D eigenvalue weighted by Gasteiger charge is -2.70. The molecule has 0 saturated heterocycles. The van der Waals surface area contributed by atoms with Gasteiger partial charge >= 0.3 is 0 Å². The van der Waals surface area contributed by atoms with Crippen LogP contribution in [0.3, 0.4) is 0 Å². The minimum Gasteiger partial charge on any atom is -0.393 e. The van der Waals surface area contributed by atoms with E-state index < -0.39 is 0 Å². The zero-order valence-corrected chi connectivity index (χ0v) is 22.5. The van der Waals surface area contributed by atoms with Gasteiger partial charge in [-0.1, -0.05) is 66.5 Å². The molecule has 5 rings (SSSR count). The Morgan fingerprint density at radius 2 is 1.45 bits per heavy atom. The fourth-order valence-electron chi connectivity index (χ4n) is 10.4. The van der Waals surface area contributed by atoms with Crippen LogP contribution in [0.25, 0.3) is 0 Å². The van der Waals surface area contributed by atoms with Gasteiger partial charge in [-0.2, -0.15) is 0 Å². The summed E-state index contributed by atoms with van der Waals surface area (Å²) in [7, 11) is 0. The minimum absolute atomic E-state index is 0.0156. The van der Waals surface area contributed by atoms with Gasteiger partial charge < -0.3 is 10.2 Å². The summed E-state index contributed by atoms with van der Waals surface area (Å²) in [5, 5.41) is 22.1. The minimum atomic E-state index is -0.317. The van der Waals surface area contributed by atoms with E-state index >= 15 is 0 Å². The lowest BCUT2D eigenvalue weighted by molar-refractivity contribution is -0.204. The molecule has 5 aliphatic rings. The number of hydrogen-bond donors (Lipinski definition) is 2. The van der Waals surface area contributed by atoms with Gasteiger partial charge in [-0.05, 0) is 84.4 Å².